The van der Waals surface area contributed by atoms with Crippen LogP contribution in [0.2, 0.25) is 0 Å². The Hall–Kier alpha value is -2.53. The van der Waals surface area contributed by atoms with E-state index in [0.717, 1.165) is 27.6 Å². The van der Waals surface area contributed by atoms with Gasteiger partial charge in [0.05, 0.1) is 6.04 Å². The van der Waals surface area contributed by atoms with Crippen LogP contribution in [0.5, 0.6) is 0 Å². The van der Waals surface area contributed by atoms with Gasteiger partial charge in [0.2, 0.25) is 10.9 Å². The van der Waals surface area contributed by atoms with E-state index in [4.69, 9.17) is 0 Å². The van der Waals surface area contributed by atoms with Crippen LogP contribution in [-0.2, 0) is 10.9 Å². The van der Waals surface area contributed by atoms with E-state index in [1.54, 1.807) is 6.20 Å². The van der Waals surface area contributed by atoms with Gasteiger partial charge in [-0.1, -0.05) is 42.5 Å². The monoisotopic (exact) mass is 310 g/mol. The molecule has 1 aliphatic rings. The summed E-state index contributed by atoms with van der Waals surface area (Å²) in [6.07, 6.45) is 5.38. The van der Waals surface area contributed by atoms with E-state index in [0.29, 0.717) is 0 Å². The molecule has 110 valence electrons. The van der Waals surface area contributed by atoms with Crippen LogP contribution in [0.3, 0.4) is 0 Å². The molecule has 2 aromatic carbocycles. The Bertz CT molecular complexity index is 948. The van der Waals surface area contributed by atoms with Crippen LogP contribution in [0.4, 0.5) is 0 Å². The third kappa shape index (κ3) is 1.94. The summed E-state index contributed by atoms with van der Waals surface area (Å²) in [5.74, 6) is 0. The summed E-state index contributed by atoms with van der Waals surface area (Å²) >= 11 is 0. The fraction of sp³-hybridized carbons (Fsp3) is 0.0588. The summed E-state index contributed by atoms with van der Waals surface area (Å²) in [7, 11) is -2.71. The molecule has 0 spiro atoms. The predicted molar refractivity (Wildman–Crippen MR) is 87.8 cm³/mol. The summed E-state index contributed by atoms with van der Waals surface area (Å²) in [5.41, 5.74) is 4.01. The Kier molecular flexibility index (Phi) is 3.01. The highest BCUT2D eigenvalue weighted by atomic mass is 32.2. The number of nitrogens with zero attached hydrogens (tertiary/aromatic N) is 1. The highest BCUT2D eigenvalue weighted by Gasteiger charge is 2.28. The van der Waals surface area contributed by atoms with Crippen molar-refractivity contribution in [3.63, 3.8) is 0 Å². The smallest absolute Gasteiger partial charge is 0.225 e. The molecule has 4 nitrogen and oxygen atoms in total. The van der Waals surface area contributed by atoms with Crippen LogP contribution in [0.25, 0.3) is 17.0 Å². The SMILES string of the molecule is O=[SH](=O)N1C=Cc2ccccc2[C@H]1c1c[nH]c2ccccc12. The van der Waals surface area contributed by atoms with Crippen molar-refractivity contribution in [2.45, 2.75) is 6.04 Å². The molecule has 0 saturated heterocycles. The van der Waals surface area contributed by atoms with E-state index in [9.17, 15) is 8.42 Å². The van der Waals surface area contributed by atoms with E-state index in [-0.39, 0.29) is 6.04 Å². The number of aromatic nitrogens is 1. The Balaban J connectivity index is 1.99. The molecule has 0 fully saturated rings. The first kappa shape index (κ1) is 13.2. The van der Waals surface area contributed by atoms with Crippen molar-refractivity contribution in [2.75, 3.05) is 0 Å². The van der Waals surface area contributed by atoms with Gasteiger partial charge in [0, 0.05) is 28.9 Å². The zero-order chi connectivity index (χ0) is 15.1. The average molecular weight is 310 g/mol. The minimum Gasteiger partial charge on any atom is -0.361 e. The van der Waals surface area contributed by atoms with Crippen LogP contribution in [0, 0.1) is 0 Å². The molecule has 1 aliphatic heterocycles. The summed E-state index contributed by atoms with van der Waals surface area (Å²) in [4.78, 5) is 3.23. The molecule has 22 heavy (non-hydrogen) atoms. The van der Waals surface area contributed by atoms with Gasteiger partial charge in [-0.3, -0.25) is 4.31 Å². The summed E-state index contributed by atoms with van der Waals surface area (Å²) in [6.45, 7) is 0. The normalized spacial score (nSPS) is 17.1. The number of nitrogens with one attached hydrogen (secondary N) is 1. The van der Waals surface area contributed by atoms with Crippen molar-refractivity contribution in [1.82, 2.24) is 9.29 Å². The van der Waals surface area contributed by atoms with Crippen LogP contribution in [0.1, 0.15) is 22.7 Å². The lowest BCUT2D eigenvalue weighted by molar-refractivity contribution is 0.465. The molecule has 0 unspecified atom stereocenters. The summed E-state index contributed by atoms with van der Waals surface area (Å²) in [5, 5.41) is 1.04. The van der Waals surface area contributed by atoms with Gasteiger partial charge in [-0.05, 0) is 23.3 Å². The highest BCUT2D eigenvalue weighted by Crippen LogP contribution is 2.38. The third-order valence-corrected chi connectivity index (χ3v) is 4.81. The first-order chi connectivity index (χ1) is 10.8. The summed E-state index contributed by atoms with van der Waals surface area (Å²) in [6, 6.07) is 15.5. The first-order valence-corrected chi connectivity index (χ1v) is 8.14. The lowest BCUT2D eigenvalue weighted by Crippen LogP contribution is -2.26. The number of H-pyrrole nitrogens is 1. The van der Waals surface area contributed by atoms with Crippen molar-refractivity contribution >= 4 is 27.9 Å². The molecule has 1 aromatic heterocycles. The largest absolute Gasteiger partial charge is 0.361 e. The van der Waals surface area contributed by atoms with Crippen molar-refractivity contribution in [3.05, 3.63) is 77.6 Å². The Morgan fingerprint density at radius 3 is 2.59 bits per heavy atom. The van der Waals surface area contributed by atoms with Crippen LogP contribution >= 0.6 is 0 Å². The minimum absolute atomic E-state index is 0.335. The van der Waals surface area contributed by atoms with Crippen molar-refractivity contribution in [1.29, 1.82) is 0 Å². The number of hydrogen-bond acceptors (Lipinski definition) is 2. The van der Waals surface area contributed by atoms with Crippen molar-refractivity contribution < 1.29 is 8.42 Å². The van der Waals surface area contributed by atoms with Crippen LogP contribution < -0.4 is 0 Å². The standard InChI is InChI=1S/C17H14N2O2S/c20-22(21)19-10-9-12-5-1-2-6-13(12)17(19)15-11-18-16-8-4-3-7-14(15)16/h1-11,17-18,22H/t17-/m0/s1. The topological polar surface area (TPSA) is 53.2 Å². The second-order valence-corrected chi connectivity index (χ2v) is 6.19. The van der Waals surface area contributed by atoms with Gasteiger partial charge in [-0.25, -0.2) is 8.42 Å². The maximum absolute atomic E-state index is 11.7. The van der Waals surface area contributed by atoms with E-state index in [1.807, 2.05) is 60.8 Å². The van der Waals surface area contributed by atoms with Gasteiger partial charge < -0.3 is 4.98 Å². The molecule has 1 atom stereocenters. The Morgan fingerprint density at radius 2 is 1.73 bits per heavy atom. The number of hydrogen-bond donors (Lipinski definition) is 2. The van der Waals surface area contributed by atoms with E-state index < -0.39 is 10.9 Å². The first-order valence-electron chi connectivity index (χ1n) is 7.01. The quantitative estimate of drug-likeness (QED) is 0.715. The molecule has 0 amide bonds. The molecule has 2 heterocycles. The Morgan fingerprint density at radius 1 is 0.955 bits per heavy atom. The fourth-order valence-electron chi connectivity index (χ4n) is 3.08. The lowest BCUT2D eigenvalue weighted by atomic mass is 9.92. The van der Waals surface area contributed by atoms with E-state index >= 15 is 0 Å². The van der Waals surface area contributed by atoms with E-state index in [2.05, 4.69) is 4.98 Å². The minimum atomic E-state index is -2.71. The number of rotatable bonds is 2. The molecular formula is C17H14N2O2S. The van der Waals surface area contributed by atoms with E-state index in [1.165, 1.54) is 4.31 Å². The molecule has 3 aromatic rings. The van der Waals surface area contributed by atoms with Crippen molar-refractivity contribution in [3.8, 4) is 0 Å². The van der Waals surface area contributed by atoms with Crippen molar-refractivity contribution in [2.24, 2.45) is 0 Å². The maximum atomic E-state index is 11.7. The number of benzene rings is 2. The second kappa shape index (κ2) is 5.03. The molecular weight excluding hydrogens is 296 g/mol. The van der Waals surface area contributed by atoms with Crippen LogP contribution in [0.15, 0.2) is 60.9 Å². The summed E-state index contributed by atoms with van der Waals surface area (Å²) < 4.78 is 24.8. The number of thiol groups is 1. The third-order valence-electron chi connectivity index (χ3n) is 4.07. The number of aromatic amines is 1. The average Bonchev–Trinajstić information content (AvgIpc) is 2.97. The zero-order valence-corrected chi connectivity index (χ0v) is 12.5. The van der Waals surface area contributed by atoms with Gasteiger partial charge >= 0.3 is 0 Å². The molecule has 0 saturated carbocycles. The molecule has 0 bridgehead atoms. The maximum Gasteiger partial charge on any atom is 0.225 e. The molecule has 4 rings (SSSR count). The fourth-order valence-corrected chi connectivity index (χ4v) is 3.69. The molecule has 0 radical (unpaired) electrons. The van der Waals surface area contributed by atoms with Gasteiger partial charge in [0.15, 0.2) is 0 Å². The Labute approximate surface area is 129 Å². The number of fused-ring (bicyclic) bond motifs is 2. The molecule has 1 N–H and O–H groups in total. The molecule has 5 heteroatoms. The second-order valence-electron chi connectivity index (χ2n) is 5.25. The van der Waals surface area contributed by atoms with Gasteiger partial charge in [-0.2, -0.15) is 0 Å². The van der Waals surface area contributed by atoms with Gasteiger partial charge in [-0.15, -0.1) is 0 Å². The molecule has 0 aliphatic carbocycles. The van der Waals surface area contributed by atoms with Gasteiger partial charge in [0.25, 0.3) is 0 Å². The highest BCUT2D eigenvalue weighted by molar-refractivity contribution is 7.70. The lowest BCUT2D eigenvalue weighted by Gasteiger charge is -2.30. The number of para-hydroxylation sites is 1. The zero-order valence-electron chi connectivity index (χ0n) is 11.6. The van der Waals surface area contributed by atoms with Crippen LogP contribution in [-0.4, -0.2) is 17.7 Å². The predicted octanol–water partition coefficient (Wildman–Crippen LogP) is 3.07. The van der Waals surface area contributed by atoms with Gasteiger partial charge in [0.1, 0.15) is 0 Å².